The van der Waals surface area contributed by atoms with Gasteiger partial charge in [-0.05, 0) is 18.2 Å². The van der Waals surface area contributed by atoms with Gasteiger partial charge in [0.1, 0.15) is 11.5 Å². The van der Waals surface area contributed by atoms with E-state index in [1.807, 2.05) is 0 Å². The van der Waals surface area contributed by atoms with E-state index in [-0.39, 0.29) is 30.3 Å². The first-order chi connectivity index (χ1) is 16.9. The molecule has 2 aromatic heterocycles. The number of methoxy groups -OCH3 is 1. The van der Waals surface area contributed by atoms with Gasteiger partial charge in [-0.1, -0.05) is 11.3 Å². The Bertz CT molecular complexity index is 1460. The van der Waals surface area contributed by atoms with Gasteiger partial charge in [0.05, 0.1) is 33.9 Å². The van der Waals surface area contributed by atoms with Gasteiger partial charge in [0.15, 0.2) is 10.9 Å². The van der Waals surface area contributed by atoms with Crippen molar-refractivity contribution in [1.29, 1.82) is 0 Å². The van der Waals surface area contributed by atoms with Crippen molar-refractivity contribution in [1.82, 2.24) is 19.4 Å². The predicted octanol–water partition coefficient (Wildman–Crippen LogP) is 4.88. The summed E-state index contributed by atoms with van der Waals surface area (Å²) in [5.41, 5.74) is 2.01. The van der Waals surface area contributed by atoms with Gasteiger partial charge in [0, 0.05) is 46.1 Å². The Morgan fingerprint density at radius 1 is 1.11 bits per heavy atom. The first kappa shape index (κ1) is 25.2. The van der Waals surface area contributed by atoms with Gasteiger partial charge in [-0.15, -0.1) is 13.2 Å². The normalized spacial score (nSPS) is 11.6. The van der Waals surface area contributed by atoms with Crippen LogP contribution >= 0.6 is 11.3 Å². The van der Waals surface area contributed by atoms with E-state index in [2.05, 4.69) is 20.0 Å². The summed E-state index contributed by atoms with van der Waals surface area (Å²) in [6.45, 7) is 0. The molecule has 0 atom stereocenters. The molecule has 13 heteroatoms. The van der Waals surface area contributed by atoms with E-state index in [9.17, 15) is 22.8 Å². The maximum absolute atomic E-state index is 12.8. The molecule has 190 valence electrons. The third kappa shape index (κ3) is 5.35. The van der Waals surface area contributed by atoms with Crippen molar-refractivity contribution in [3.63, 3.8) is 0 Å². The van der Waals surface area contributed by atoms with Crippen LogP contribution in [0.15, 0.2) is 30.3 Å². The number of hydrogen-bond donors (Lipinski definition) is 1. The molecule has 2 heterocycles. The van der Waals surface area contributed by atoms with Crippen molar-refractivity contribution in [2.75, 3.05) is 26.5 Å². The highest BCUT2D eigenvalue weighted by atomic mass is 32.1. The van der Waals surface area contributed by atoms with Gasteiger partial charge in [0.2, 0.25) is 11.9 Å². The summed E-state index contributed by atoms with van der Waals surface area (Å²) in [4.78, 5) is 35.0. The van der Waals surface area contributed by atoms with Crippen LogP contribution in [0.1, 0.15) is 23.2 Å². The van der Waals surface area contributed by atoms with Gasteiger partial charge in [-0.3, -0.25) is 9.59 Å². The number of imidazole rings is 1. The first-order valence-electron chi connectivity index (χ1n) is 10.7. The molecule has 4 aromatic rings. The second kappa shape index (κ2) is 9.64. The Hall–Kier alpha value is -3.87. The fourth-order valence-electron chi connectivity index (χ4n) is 3.55. The maximum Gasteiger partial charge on any atom is 0.573 e. The predicted molar refractivity (Wildman–Crippen MR) is 129 cm³/mol. The fraction of sp³-hybridized carbons (Fsp3) is 0.304. The van der Waals surface area contributed by atoms with E-state index >= 15 is 0 Å². The standard InChI is InChI=1S/C23H22F3N5O4S/c1-30(2)20(33)8-7-17(32)13-10-15-16(11-18(13)34-4)31(3)21(27-15)29-22-28-14-6-5-12(9-19(14)36-22)35-23(24,25)26/h5-6,9-11H,7-8H2,1-4H3,(H,27,28,29). The zero-order valence-electron chi connectivity index (χ0n) is 19.8. The van der Waals surface area contributed by atoms with E-state index < -0.39 is 6.36 Å². The number of ether oxygens (including phenoxy) is 2. The monoisotopic (exact) mass is 521 g/mol. The Balaban J connectivity index is 1.61. The molecule has 1 N–H and O–H groups in total. The van der Waals surface area contributed by atoms with Crippen molar-refractivity contribution in [2.45, 2.75) is 19.2 Å². The number of Topliss-reactive ketones (excluding diaryl/α,β-unsaturated/α-hetero) is 1. The minimum atomic E-state index is -4.78. The highest BCUT2D eigenvalue weighted by Gasteiger charge is 2.31. The average Bonchev–Trinajstić information content (AvgIpc) is 3.34. The number of alkyl halides is 3. The molecule has 4 rings (SSSR count). The van der Waals surface area contributed by atoms with E-state index in [0.717, 1.165) is 11.3 Å². The summed E-state index contributed by atoms with van der Waals surface area (Å²) in [7, 11) is 6.47. The topological polar surface area (TPSA) is 98.6 Å². The number of fused-ring (bicyclic) bond motifs is 2. The number of hydrogen-bond acceptors (Lipinski definition) is 8. The molecular formula is C23H22F3N5O4S. The number of anilines is 2. The van der Waals surface area contributed by atoms with Crippen molar-refractivity contribution >= 4 is 55.4 Å². The molecule has 0 aliphatic carbocycles. The van der Waals surface area contributed by atoms with Crippen LogP contribution in [0.5, 0.6) is 11.5 Å². The van der Waals surface area contributed by atoms with Crippen LogP contribution in [0.2, 0.25) is 0 Å². The van der Waals surface area contributed by atoms with E-state index in [1.165, 1.54) is 30.2 Å². The third-order valence-corrected chi connectivity index (χ3v) is 6.31. The zero-order chi connectivity index (χ0) is 26.2. The van der Waals surface area contributed by atoms with Crippen LogP contribution < -0.4 is 14.8 Å². The lowest BCUT2D eigenvalue weighted by molar-refractivity contribution is -0.274. The summed E-state index contributed by atoms with van der Waals surface area (Å²) in [5, 5.41) is 3.49. The van der Waals surface area contributed by atoms with Crippen LogP contribution in [-0.4, -0.2) is 58.7 Å². The molecule has 1 amide bonds. The molecule has 0 aliphatic heterocycles. The SMILES string of the molecule is COc1cc2c(cc1C(=O)CCC(=O)N(C)C)nc(Nc1nc3ccc(OC(F)(F)F)cc3s1)n2C. The molecule has 0 aliphatic rings. The molecular weight excluding hydrogens is 499 g/mol. The number of carbonyl (C=O) groups is 2. The number of aromatic nitrogens is 3. The second-order valence-corrected chi connectivity index (χ2v) is 9.10. The van der Waals surface area contributed by atoms with Crippen LogP contribution in [0.25, 0.3) is 21.3 Å². The summed E-state index contributed by atoms with van der Waals surface area (Å²) >= 11 is 1.14. The van der Waals surface area contributed by atoms with Crippen LogP contribution in [-0.2, 0) is 11.8 Å². The lowest BCUT2D eigenvalue weighted by Crippen LogP contribution is -2.22. The Morgan fingerprint density at radius 2 is 1.86 bits per heavy atom. The Morgan fingerprint density at radius 3 is 2.53 bits per heavy atom. The number of aryl methyl sites for hydroxylation is 1. The van der Waals surface area contributed by atoms with E-state index in [1.54, 1.807) is 37.8 Å². The Labute approximate surface area is 207 Å². The van der Waals surface area contributed by atoms with Crippen molar-refractivity contribution in [2.24, 2.45) is 7.05 Å². The van der Waals surface area contributed by atoms with E-state index in [4.69, 9.17) is 4.74 Å². The zero-order valence-corrected chi connectivity index (χ0v) is 20.6. The summed E-state index contributed by atoms with van der Waals surface area (Å²) in [5.74, 6) is 0.0408. The third-order valence-electron chi connectivity index (χ3n) is 5.38. The number of nitrogens with zero attached hydrogens (tertiary/aromatic N) is 4. The first-order valence-corrected chi connectivity index (χ1v) is 11.5. The van der Waals surface area contributed by atoms with Gasteiger partial charge in [-0.2, -0.15) is 0 Å². The second-order valence-electron chi connectivity index (χ2n) is 8.07. The minimum Gasteiger partial charge on any atom is -0.496 e. The highest BCUT2D eigenvalue weighted by molar-refractivity contribution is 7.22. The van der Waals surface area contributed by atoms with Crippen molar-refractivity contribution in [3.05, 3.63) is 35.9 Å². The number of nitrogens with one attached hydrogen (secondary N) is 1. The lowest BCUT2D eigenvalue weighted by Gasteiger charge is -2.11. The van der Waals surface area contributed by atoms with Gasteiger partial charge in [-0.25, -0.2) is 9.97 Å². The number of ketones is 1. The largest absolute Gasteiger partial charge is 0.573 e. The molecule has 0 bridgehead atoms. The molecule has 0 unspecified atom stereocenters. The van der Waals surface area contributed by atoms with Crippen molar-refractivity contribution < 1.29 is 32.2 Å². The molecule has 9 nitrogen and oxygen atoms in total. The molecule has 0 spiro atoms. The summed E-state index contributed by atoms with van der Waals surface area (Å²) in [6.07, 6.45) is -4.67. The minimum absolute atomic E-state index is 0.0303. The number of thiazole rings is 1. The maximum atomic E-state index is 12.8. The quantitative estimate of drug-likeness (QED) is 0.330. The van der Waals surface area contributed by atoms with Crippen molar-refractivity contribution in [3.8, 4) is 11.5 Å². The van der Waals surface area contributed by atoms with Gasteiger partial charge < -0.3 is 24.3 Å². The highest BCUT2D eigenvalue weighted by Crippen LogP contribution is 2.34. The Kier molecular flexibility index (Phi) is 6.76. The fourth-order valence-corrected chi connectivity index (χ4v) is 4.44. The smallest absolute Gasteiger partial charge is 0.496 e. The number of rotatable bonds is 8. The van der Waals surface area contributed by atoms with Crippen LogP contribution in [0, 0.1) is 0 Å². The molecule has 36 heavy (non-hydrogen) atoms. The molecule has 0 saturated carbocycles. The number of benzene rings is 2. The van der Waals surface area contributed by atoms with Gasteiger partial charge >= 0.3 is 6.36 Å². The summed E-state index contributed by atoms with van der Waals surface area (Å²) < 4.78 is 49.2. The van der Waals surface area contributed by atoms with E-state index in [0.29, 0.717) is 43.6 Å². The average molecular weight is 522 g/mol. The number of halogens is 3. The molecule has 0 fully saturated rings. The number of amides is 1. The molecule has 0 saturated heterocycles. The van der Waals surface area contributed by atoms with Crippen LogP contribution in [0.3, 0.4) is 0 Å². The number of carbonyl (C=O) groups excluding carboxylic acids is 2. The van der Waals surface area contributed by atoms with Crippen LogP contribution in [0.4, 0.5) is 24.3 Å². The molecule has 0 radical (unpaired) electrons. The molecule has 2 aromatic carbocycles. The lowest BCUT2D eigenvalue weighted by atomic mass is 10.0. The van der Waals surface area contributed by atoms with Gasteiger partial charge in [0.25, 0.3) is 0 Å². The summed E-state index contributed by atoms with van der Waals surface area (Å²) in [6, 6.07) is 7.21.